The van der Waals surface area contributed by atoms with E-state index in [-0.39, 0.29) is 36.8 Å². The van der Waals surface area contributed by atoms with Crippen LogP contribution in [0.4, 0.5) is 17.1 Å². The van der Waals surface area contributed by atoms with Gasteiger partial charge in [-0.15, -0.1) is 0 Å². The van der Waals surface area contributed by atoms with Crippen molar-refractivity contribution in [3.8, 4) is 0 Å². The molecule has 0 saturated carbocycles. The summed E-state index contributed by atoms with van der Waals surface area (Å²) < 4.78 is 31.6. The van der Waals surface area contributed by atoms with Crippen LogP contribution >= 0.6 is 0 Å². The Bertz CT molecular complexity index is 835. The van der Waals surface area contributed by atoms with Gasteiger partial charge in [0, 0.05) is 18.2 Å². The van der Waals surface area contributed by atoms with E-state index in [4.69, 9.17) is 28.4 Å². The Morgan fingerprint density at radius 2 is 1.28 bits per heavy atom. The van der Waals surface area contributed by atoms with Crippen LogP contribution in [0.2, 0.25) is 0 Å². The summed E-state index contributed by atoms with van der Waals surface area (Å²) >= 11 is 0. The van der Waals surface area contributed by atoms with E-state index >= 15 is 0 Å². The lowest BCUT2D eigenvalue weighted by Gasteiger charge is -2.09. The summed E-state index contributed by atoms with van der Waals surface area (Å²) in [5.41, 5.74) is -0.190. The van der Waals surface area contributed by atoms with Crippen LogP contribution in [-0.2, 0) is 33.2 Å². The molecule has 0 bridgehead atoms. The number of hydrogen-bond donors (Lipinski definition) is 1. The van der Waals surface area contributed by atoms with Gasteiger partial charge in [0.15, 0.2) is 0 Å². The standard InChI is InChI=1S/C22H33N3O11/c1-18(2)22(26)36-16-15-35-14-13-34-12-11-33-10-9-32-8-7-31-6-5-23-20-4-3-19(24(27)28)17-21(20)25(29)30/h3-4,17,23H,1,5-16H2,2H3. The number of ether oxygens (including phenoxy) is 6. The molecule has 0 saturated heterocycles. The Balaban J connectivity index is 1.90. The van der Waals surface area contributed by atoms with Crippen LogP contribution in [0.1, 0.15) is 6.92 Å². The van der Waals surface area contributed by atoms with Crippen molar-refractivity contribution in [3.05, 3.63) is 50.6 Å². The normalized spacial score (nSPS) is 10.7. The van der Waals surface area contributed by atoms with Crippen molar-refractivity contribution in [3.63, 3.8) is 0 Å². The van der Waals surface area contributed by atoms with Crippen LogP contribution in [0.25, 0.3) is 0 Å². The molecule has 0 atom stereocenters. The lowest BCUT2D eigenvalue weighted by molar-refractivity contribution is -0.393. The highest BCUT2D eigenvalue weighted by Crippen LogP contribution is 2.28. The first-order valence-corrected chi connectivity index (χ1v) is 11.2. The van der Waals surface area contributed by atoms with Crippen LogP contribution in [0.3, 0.4) is 0 Å². The number of benzene rings is 1. The van der Waals surface area contributed by atoms with Gasteiger partial charge in [-0.25, -0.2) is 4.79 Å². The third-order valence-corrected chi connectivity index (χ3v) is 4.25. The molecule has 202 valence electrons. The number of carbonyl (C=O) groups is 1. The maximum atomic E-state index is 11.1. The van der Waals surface area contributed by atoms with Crippen molar-refractivity contribution in [2.75, 3.05) is 84.5 Å². The SMILES string of the molecule is C=C(C)C(=O)OCCOCCOCCOCCOCCOCCNc1ccc([N+](=O)[O-])cc1[N+](=O)[O-]. The van der Waals surface area contributed by atoms with E-state index in [0.29, 0.717) is 65.0 Å². The number of nitro benzene ring substituents is 2. The monoisotopic (exact) mass is 515 g/mol. The molecule has 0 aliphatic heterocycles. The number of nitrogens with zero attached hydrogens (tertiary/aromatic N) is 2. The second-order valence-corrected chi connectivity index (χ2v) is 7.12. The summed E-state index contributed by atoms with van der Waals surface area (Å²) in [5, 5.41) is 24.7. The molecule has 1 rings (SSSR count). The van der Waals surface area contributed by atoms with E-state index in [2.05, 4.69) is 11.9 Å². The minimum absolute atomic E-state index is 0.170. The Labute approximate surface area is 208 Å². The van der Waals surface area contributed by atoms with Gasteiger partial charge < -0.3 is 33.7 Å². The largest absolute Gasteiger partial charge is 0.460 e. The van der Waals surface area contributed by atoms with Crippen molar-refractivity contribution in [2.24, 2.45) is 0 Å². The minimum atomic E-state index is -0.687. The van der Waals surface area contributed by atoms with Crippen molar-refractivity contribution < 1.29 is 43.1 Å². The second kappa shape index (κ2) is 19.1. The van der Waals surface area contributed by atoms with Crippen LogP contribution in [-0.4, -0.2) is 95.0 Å². The fraction of sp³-hybridized carbons (Fsp3) is 0.591. The molecule has 1 N–H and O–H groups in total. The van der Waals surface area contributed by atoms with Gasteiger partial charge in [-0.05, 0) is 13.0 Å². The number of rotatable bonds is 22. The van der Waals surface area contributed by atoms with E-state index in [0.717, 1.165) is 6.07 Å². The number of non-ortho nitro benzene ring substituents is 1. The highest BCUT2D eigenvalue weighted by Gasteiger charge is 2.18. The Morgan fingerprint density at radius 1 is 0.806 bits per heavy atom. The van der Waals surface area contributed by atoms with Crippen LogP contribution < -0.4 is 5.32 Å². The molecule has 14 nitrogen and oxygen atoms in total. The maximum absolute atomic E-state index is 11.1. The Morgan fingerprint density at radius 3 is 1.72 bits per heavy atom. The average Bonchev–Trinajstić information content (AvgIpc) is 2.84. The lowest BCUT2D eigenvalue weighted by atomic mass is 10.2. The molecule has 36 heavy (non-hydrogen) atoms. The highest BCUT2D eigenvalue weighted by molar-refractivity contribution is 5.86. The maximum Gasteiger partial charge on any atom is 0.333 e. The van der Waals surface area contributed by atoms with Crippen LogP contribution in [0.5, 0.6) is 0 Å². The van der Waals surface area contributed by atoms with Crippen molar-refractivity contribution in [2.45, 2.75) is 6.92 Å². The van der Waals surface area contributed by atoms with Crippen molar-refractivity contribution >= 4 is 23.0 Å². The quantitative estimate of drug-likeness (QED) is 0.0785. The predicted octanol–water partition coefficient (Wildman–Crippen LogP) is 2.12. The van der Waals surface area contributed by atoms with Gasteiger partial charge in [0.05, 0.1) is 82.0 Å². The number of esters is 1. The molecule has 14 heteroatoms. The molecule has 0 aromatic heterocycles. The molecule has 0 spiro atoms. The summed E-state index contributed by atoms with van der Waals surface area (Å²) in [6, 6.07) is 3.41. The van der Waals surface area contributed by atoms with Gasteiger partial charge in [0.25, 0.3) is 11.4 Å². The minimum Gasteiger partial charge on any atom is -0.460 e. The summed E-state index contributed by atoms with van der Waals surface area (Å²) in [6.45, 7) is 9.17. The zero-order chi connectivity index (χ0) is 26.6. The van der Waals surface area contributed by atoms with Crippen LogP contribution in [0.15, 0.2) is 30.4 Å². The zero-order valence-corrected chi connectivity index (χ0v) is 20.3. The number of anilines is 1. The highest BCUT2D eigenvalue weighted by atomic mass is 16.6. The molecule has 1 aromatic rings. The topological polar surface area (TPSA) is 171 Å². The molecule has 0 heterocycles. The first kappa shape index (κ1) is 30.9. The predicted molar refractivity (Wildman–Crippen MR) is 128 cm³/mol. The van der Waals surface area contributed by atoms with Crippen LogP contribution in [0, 0.1) is 20.2 Å². The summed E-state index contributed by atoms with van der Waals surface area (Å²) in [7, 11) is 0. The van der Waals surface area contributed by atoms with E-state index in [1.807, 2.05) is 0 Å². The first-order chi connectivity index (χ1) is 17.3. The van der Waals surface area contributed by atoms with Gasteiger partial charge in [0.1, 0.15) is 12.3 Å². The Kier molecular flexibility index (Phi) is 16.3. The van der Waals surface area contributed by atoms with E-state index in [1.165, 1.54) is 12.1 Å². The second-order valence-electron chi connectivity index (χ2n) is 7.12. The fourth-order valence-electron chi connectivity index (χ4n) is 2.49. The molecule has 0 amide bonds. The van der Waals surface area contributed by atoms with Gasteiger partial charge in [0.2, 0.25) is 0 Å². The average molecular weight is 516 g/mol. The summed E-state index contributed by atoms with van der Waals surface area (Å²) in [4.78, 5) is 31.6. The number of nitrogens with one attached hydrogen (secondary N) is 1. The van der Waals surface area contributed by atoms with E-state index in [1.54, 1.807) is 6.92 Å². The van der Waals surface area contributed by atoms with Crippen molar-refractivity contribution in [1.29, 1.82) is 0 Å². The molecular weight excluding hydrogens is 482 g/mol. The van der Waals surface area contributed by atoms with E-state index < -0.39 is 15.8 Å². The zero-order valence-electron chi connectivity index (χ0n) is 20.3. The van der Waals surface area contributed by atoms with Gasteiger partial charge in [-0.3, -0.25) is 20.2 Å². The van der Waals surface area contributed by atoms with E-state index in [9.17, 15) is 25.0 Å². The first-order valence-electron chi connectivity index (χ1n) is 11.2. The molecule has 0 unspecified atom stereocenters. The number of hydrogen-bond acceptors (Lipinski definition) is 12. The molecule has 1 aromatic carbocycles. The molecule has 0 radical (unpaired) electrons. The fourth-order valence-corrected chi connectivity index (χ4v) is 2.49. The summed E-state index contributed by atoms with van der Waals surface area (Å²) in [6.07, 6.45) is 0. The van der Waals surface area contributed by atoms with Crippen molar-refractivity contribution in [1.82, 2.24) is 0 Å². The number of nitro groups is 2. The number of carbonyl (C=O) groups excluding carboxylic acids is 1. The third kappa shape index (κ3) is 14.3. The van der Waals surface area contributed by atoms with Gasteiger partial charge in [-0.1, -0.05) is 6.58 Å². The molecule has 0 fully saturated rings. The summed E-state index contributed by atoms with van der Waals surface area (Å²) in [5.74, 6) is -0.437. The third-order valence-electron chi connectivity index (χ3n) is 4.25. The molecule has 0 aliphatic rings. The molecular formula is C22H33N3O11. The van der Waals surface area contributed by atoms with Gasteiger partial charge >= 0.3 is 5.97 Å². The smallest absolute Gasteiger partial charge is 0.333 e. The Hall–Kier alpha value is -3.17. The lowest BCUT2D eigenvalue weighted by Crippen LogP contribution is -2.15. The molecule has 0 aliphatic carbocycles. The van der Waals surface area contributed by atoms with Gasteiger partial charge in [-0.2, -0.15) is 0 Å².